The molecule has 0 fully saturated rings. The van der Waals surface area contributed by atoms with Crippen LogP contribution >= 0.6 is 0 Å². The van der Waals surface area contributed by atoms with Crippen molar-refractivity contribution < 1.29 is 14.3 Å². The van der Waals surface area contributed by atoms with Crippen LogP contribution in [0.5, 0.6) is 5.75 Å². The molecular formula is C14H20N2O3. The van der Waals surface area contributed by atoms with E-state index in [1.165, 1.54) is 0 Å². The van der Waals surface area contributed by atoms with Crippen LogP contribution in [0.25, 0.3) is 0 Å². The summed E-state index contributed by atoms with van der Waals surface area (Å²) in [6.45, 7) is 2.83. The molecule has 0 heterocycles. The molecule has 0 unspecified atom stereocenters. The molecule has 0 radical (unpaired) electrons. The number of unbranched alkanes of at least 4 members (excludes halogenated alkanes) is 1. The molecule has 2 N–H and O–H groups in total. The van der Waals surface area contributed by atoms with Gasteiger partial charge in [-0.05, 0) is 49.6 Å². The van der Waals surface area contributed by atoms with E-state index in [1.807, 2.05) is 24.3 Å². The molecule has 0 saturated heterocycles. The first-order valence-corrected chi connectivity index (χ1v) is 6.38. The van der Waals surface area contributed by atoms with Crippen molar-refractivity contribution in [3.05, 3.63) is 29.8 Å². The Morgan fingerprint density at radius 3 is 2.68 bits per heavy atom. The summed E-state index contributed by atoms with van der Waals surface area (Å²) in [7, 11) is 0. The van der Waals surface area contributed by atoms with Crippen LogP contribution in [-0.2, 0) is 9.53 Å². The van der Waals surface area contributed by atoms with Gasteiger partial charge < -0.3 is 15.3 Å². The summed E-state index contributed by atoms with van der Waals surface area (Å²) in [6, 6.07) is 7.49. The number of carbonyl (C=O) groups is 1. The fourth-order valence-corrected chi connectivity index (χ4v) is 1.53. The Hall–Kier alpha value is -2.04. The zero-order chi connectivity index (χ0) is 13.9. The minimum atomic E-state index is -0.145. The van der Waals surface area contributed by atoms with Crippen LogP contribution in [0.4, 0.5) is 0 Å². The molecule has 0 aliphatic heterocycles. The lowest BCUT2D eigenvalue weighted by molar-refractivity contribution is -0.143. The number of esters is 1. The molecule has 1 aromatic rings. The number of benzene rings is 1. The number of ether oxygens (including phenoxy) is 2. The van der Waals surface area contributed by atoms with E-state index in [0.29, 0.717) is 19.6 Å². The zero-order valence-electron chi connectivity index (χ0n) is 11.2. The number of carbonyl (C=O) groups excluding carboxylic acids is 1. The maximum atomic E-state index is 11.1. The highest BCUT2D eigenvalue weighted by atomic mass is 16.5. The summed E-state index contributed by atoms with van der Waals surface area (Å²) < 4.78 is 10.4. The zero-order valence-corrected chi connectivity index (χ0v) is 11.2. The minimum absolute atomic E-state index is 0.145. The van der Waals surface area contributed by atoms with Crippen molar-refractivity contribution in [3.63, 3.8) is 0 Å². The molecule has 1 rings (SSSR count). The van der Waals surface area contributed by atoms with Gasteiger partial charge in [0.05, 0.1) is 19.4 Å². The van der Waals surface area contributed by atoms with Gasteiger partial charge in [-0.2, -0.15) is 5.10 Å². The first kappa shape index (κ1) is 15.0. The van der Waals surface area contributed by atoms with E-state index >= 15 is 0 Å². The summed E-state index contributed by atoms with van der Waals surface area (Å²) in [5.41, 5.74) is 0.928. The Morgan fingerprint density at radius 2 is 2.05 bits per heavy atom. The maximum absolute atomic E-state index is 11.1. The fraction of sp³-hybridized carbons (Fsp3) is 0.429. The third-order valence-electron chi connectivity index (χ3n) is 2.45. The van der Waals surface area contributed by atoms with Crippen LogP contribution in [0.1, 0.15) is 31.7 Å². The predicted molar refractivity (Wildman–Crippen MR) is 74.2 cm³/mol. The highest BCUT2D eigenvalue weighted by Crippen LogP contribution is 2.12. The number of hydrogen-bond acceptors (Lipinski definition) is 5. The van der Waals surface area contributed by atoms with Crippen molar-refractivity contribution >= 4 is 12.2 Å². The van der Waals surface area contributed by atoms with E-state index in [2.05, 4.69) is 5.10 Å². The third-order valence-corrected chi connectivity index (χ3v) is 2.45. The van der Waals surface area contributed by atoms with Gasteiger partial charge in [0, 0.05) is 6.42 Å². The van der Waals surface area contributed by atoms with Gasteiger partial charge in [-0.25, -0.2) is 0 Å². The average Bonchev–Trinajstić information content (AvgIpc) is 2.41. The number of nitrogens with two attached hydrogens (primary N) is 1. The minimum Gasteiger partial charge on any atom is -0.494 e. The van der Waals surface area contributed by atoms with Crippen LogP contribution in [0, 0.1) is 0 Å². The van der Waals surface area contributed by atoms with Crippen LogP contribution in [-0.4, -0.2) is 25.4 Å². The summed E-state index contributed by atoms with van der Waals surface area (Å²) >= 11 is 0. The third kappa shape index (κ3) is 6.45. The normalized spacial score (nSPS) is 10.6. The molecule has 5 heteroatoms. The van der Waals surface area contributed by atoms with E-state index in [-0.39, 0.29) is 5.97 Å². The molecule has 0 amide bonds. The Balaban J connectivity index is 2.17. The topological polar surface area (TPSA) is 73.9 Å². The van der Waals surface area contributed by atoms with E-state index < -0.39 is 0 Å². The van der Waals surface area contributed by atoms with Crippen molar-refractivity contribution in [1.29, 1.82) is 0 Å². The molecular weight excluding hydrogens is 244 g/mol. The van der Waals surface area contributed by atoms with Crippen molar-refractivity contribution in [2.45, 2.75) is 26.2 Å². The number of nitrogens with zero attached hydrogens (tertiary/aromatic N) is 1. The Morgan fingerprint density at radius 1 is 1.32 bits per heavy atom. The maximum Gasteiger partial charge on any atom is 0.305 e. The van der Waals surface area contributed by atoms with Gasteiger partial charge in [0.25, 0.3) is 0 Å². The Kier molecular flexibility index (Phi) is 7.09. The van der Waals surface area contributed by atoms with Gasteiger partial charge in [0.2, 0.25) is 0 Å². The lowest BCUT2D eigenvalue weighted by atomic mass is 10.2. The van der Waals surface area contributed by atoms with Crippen LogP contribution in [0.15, 0.2) is 29.4 Å². The fourth-order valence-electron chi connectivity index (χ4n) is 1.53. The van der Waals surface area contributed by atoms with Gasteiger partial charge >= 0.3 is 5.97 Å². The SMILES string of the molecule is CCOC(=O)CCCCOc1ccc(C=NN)cc1. The van der Waals surface area contributed by atoms with Gasteiger partial charge in [-0.15, -0.1) is 0 Å². The molecule has 0 aliphatic carbocycles. The predicted octanol–water partition coefficient (Wildman–Crippen LogP) is 2.09. The molecule has 0 aromatic heterocycles. The van der Waals surface area contributed by atoms with E-state index in [1.54, 1.807) is 13.1 Å². The second-order valence-electron chi connectivity index (χ2n) is 3.96. The molecule has 0 spiro atoms. The molecule has 1 aromatic carbocycles. The summed E-state index contributed by atoms with van der Waals surface area (Å²) in [5, 5.41) is 3.44. The number of rotatable bonds is 8. The first-order chi connectivity index (χ1) is 9.26. The van der Waals surface area contributed by atoms with Crippen molar-refractivity contribution in [2.24, 2.45) is 10.9 Å². The monoisotopic (exact) mass is 264 g/mol. The highest BCUT2D eigenvalue weighted by molar-refractivity contribution is 5.79. The van der Waals surface area contributed by atoms with Crippen molar-refractivity contribution in [2.75, 3.05) is 13.2 Å². The van der Waals surface area contributed by atoms with Crippen LogP contribution in [0.2, 0.25) is 0 Å². The number of hydrazone groups is 1. The van der Waals surface area contributed by atoms with E-state index in [0.717, 1.165) is 24.2 Å². The van der Waals surface area contributed by atoms with Gasteiger partial charge in [0.15, 0.2) is 0 Å². The van der Waals surface area contributed by atoms with Gasteiger partial charge in [0.1, 0.15) is 5.75 Å². The van der Waals surface area contributed by atoms with Crippen molar-refractivity contribution in [3.8, 4) is 5.75 Å². The Bertz CT molecular complexity index is 402. The van der Waals surface area contributed by atoms with Gasteiger partial charge in [-0.1, -0.05) is 0 Å². The molecule has 0 saturated carbocycles. The van der Waals surface area contributed by atoms with Crippen molar-refractivity contribution in [1.82, 2.24) is 0 Å². The smallest absolute Gasteiger partial charge is 0.305 e. The summed E-state index contributed by atoms with van der Waals surface area (Å²) in [5.74, 6) is 5.71. The molecule has 0 bridgehead atoms. The second kappa shape index (κ2) is 8.97. The van der Waals surface area contributed by atoms with Crippen LogP contribution < -0.4 is 10.6 Å². The molecule has 5 nitrogen and oxygen atoms in total. The largest absolute Gasteiger partial charge is 0.494 e. The average molecular weight is 264 g/mol. The lowest BCUT2D eigenvalue weighted by Gasteiger charge is -2.06. The Labute approximate surface area is 113 Å². The lowest BCUT2D eigenvalue weighted by Crippen LogP contribution is -2.05. The van der Waals surface area contributed by atoms with Gasteiger partial charge in [-0.3, -0.25) is 4.79 Å². The molecule has 104 valence electrons. The molecule has 19 heavy (non-hydrogen) atoms. The van der Waals surface area contributed by atoms with E-state index in [4.69, 9.17) is 15.3 Å². The summed E-state index contributed by atoms with van der Waals surface area (Å²) in [6.07, 6.45) is 3.62. The highest BCUT2D eigenvalue weighted by Gasteiger charge is 2.01. The second-order valence-corrected chi connectivity index (χ2v) is 3.96. The summed E-state index contributed by atoms with van der Waals surface area (Å²) in [4.78, 5) is 11.1. The number of hydrogen-bond donors (Lipinski definition) is 1. The first-order valence-electron chi connectivity index (χ1n) is 6.38. The van der Waals surface area contributed by atoms with Crippen LogP contribution in [0.3, 0.4) is 0 Å². The molecule has 0 atom stereocenters. The standard InChI is InChI=1S/C14H20N2O3/c1-2-18-14(17)5-3-4-10-19-13-8-6-12(7-9-13)11-16-15/h6-9,11H,2-5,10,15H2,1H3. The molecule has 0 aliphatic rings. The van der Waals surface area contributed by atoms with E-state index in [9.17, 15) is 4.79 Å². The quantitative estimate of drug-likeness (QED) is 0.256.